The highest BCUT2D eigenvalue weighted by molar-refractivity contribution is 5.97. The zero-order valence-corrected chi connectivity index (χ0v) is 40.7. The normalized spacial score (nSPS) is 15.6. The molecule has 2 N–H and O–H groups in total. The number of hydrogen-bond donors (Lipinski definition) is 2. The van der Waals surface area contributed by atoms with Crippen molar-refractivity contribution >= 4 is 23.8 Å². The van der Waals surface area contributed by atoms with Gasteiger partial charge in [-0.3, -0.25) is 19.2 Å². The number of nitrogens with one attached hydrogen (secondary N) is 2. The van der Waals surface area contributed by atoms with Crippen molar-refractivity contribution in [2.24, 2.45) is 0 Å². The molecular formula is C52H96N4O6. The summed E-state index contributed by atoms with van der Waals surface area (Å²) < 4.78 is 11.0. The zero-order chi connectivity index (χ0) is 45.1. The Morgan fingerprint density at radius 1 is 0.419 bits per heavy atom. The molecule has 1 heterocycles. The van der Waals surface area contributed by atoms with Gasteiger partial charge in [0.15, 0.2) is 0 Å². The number of hydrogen-bond acceptors (Lipinski definition) is 8. The Kier molecular flexibility index (Phi) is 39.0. The van der Waals surface area contributed by atoms with Crippen LogP contribution in [0.5, 0.6) is 0 Å². The predicted octanol–water partition coefficient (Wildman–Crippen LogP) is 11.6. The van der Waals surface area contributed by atoms with E-state index in [0.29, 0.717) is 13.1 Å². The van der Waals surface area contributed by atoms with Crippen molar-refractivity contribution in [1.29, 1.82) is 0 Å². The average Bonchev–Trinajstić information content (AvgIpc) is 3.27. The summed E-state index contributed by atoms with van der Waals surface area (Å²) in [5.41, 5.74) is 0. The molecule has 1 rings (SSSR count). The lowest BCUT2D eigenvalue weighted by molar-refractivity contribution is -0.152. The number of piperazine rings is 1. The number of carbonyl (C=O) groups excluding carboxylic acids is 4. The molecule has 10 nitrogen and oxygen atoms in total. The molecule has 0 saturated carbocycles. The summed E-state index contributed by atoms with van der Waals surface area (Å²) in [5.74, 6) is -1.66. The molecule has 0 aromatic heterocycles. The van der Waals surface area contributed by atoms with Gasteiger partial charge in [0.1, 0.15) is 25.3 Å². The molecule has 0 aromatic carbocycles. The molecular weight excluding hydrogens is 777 g/mol. The van der Waals surface area contributed by atoms with E-state index < -0.39 is 23.9 Å². The van der Waals surface area contributed by atoms with E-state index in [9.17, 15) is 19.2 Å². The molecule has 0 bridgehead atoms. The smallest absolute Gasteiger partial charge is 0.307 e. The van der Waals surface area contributed by atoms with Crippen LogP contribution >= 0.6 is 0 Å². The molecule has 0 radical (unpaired) electrons. The van der Waals surface area contributed by atoms with Crippen LogP contribution in [0.2, 0.25) is 0 Å². The molecule has 10 heteroatoms. The maximum absolute atomic E-state index is 12.9. The van der Waals surface area contributed by atoms with Crippen molar-refractivity contribution in [2.45, 2.75) is 232 Å². The lowest BCUT2D eigenvalue weighted by Gasteiger charge is -2.29. The van der Waals surface area contributed by atoms with Crippen LogP contribution in [0, 0.1) is 0 Å². The van der Waals surface area contributed by atoms with Gasteiger partial charge in [0, 0.05) is 13.1 Å². The molecule has 1 aliphatic rings. The van der Waals surface area contributed by atoms with Crippen LogP contribution < -0.4 is 10.6 Å². The number of allylic oxidation sites excluding steroid dienone is 4. The fourth-order valence-electron chi connectivity index (χ4n) is 7.88. The van der Waals surface area contributed by atoms with E-state index in [1.54, 1.807) is 0 Å². The van der Waals surface area contributed by atoms with Gasteiger partial charge in [0.25, 0.3) is 0 Å². The van der Waals surface area contributed by atoms with Crippen LogP contribution in [0.3, 0.4) is 0 Å². The van der Waals surface area contributed by atoms with E-state index in [-0.39, 0.29) is 38.0 Å². The summed E-state index contributed by atoms with van der Waals surface area (Å²) in [7, 11) is 0. The average molecular weight is 873 g/mol. The second-order valence-electron chi connectivity index (χ2n) is 17.8. The van der Waals surface area contributed by atoms with Crippen LogP contribution in [-0.4, -0.2) is 98.1 Å². The fourth-order valence-corrected chi connectivity index (χ4v) is 7.88. The van der Waals surface area contributed by atoms with Crippen molar-refractivity contribution < 1.29 is 28.7 Å². The molecule has 1 aliphatic heterocycles. The molecule has 62 heavy (non-hydrogen) atoms. The highest BCUT2D eigenvalue weighted by Crippen LogP contribution is 2.13. The third-order valence-corrected chi connectivity index (χ3v) is 12.0. The van der Waals surface area contributed by atoms with Gasteiger partial charge in [-0.2, -0.15) is 0 Å². The summed E-state index contributed by atoms with van der Waals surface area (Å²) in [6.45, 7) is 13.5. The largest absolute Gasteiger partial charge is 0.463 e. The van der Waals surface area contributed by atoms with Crippen LogP contribution in [0.25, 0.3) is 0 Å². The van der Waals surface area contributed by atoms with Crippen LogP contribution in [0.1, 0.15) is 220 Å². The Morgan fingerprint density at radius 3 is 1.06 bits per heavy atom. The lowest BCUT2D eigenvalue weighted by Crippen LogP contribution is -2.64. The number of carbonyl (C=O) groups is 4. The second-order valence-corrected chi connectivity index (χ2v) is 17.8. The van der Waals surface area contributed by atoms with E-state index in [2.05, 4.69) is 72.4 Å². The molecule has 0 unspecified atom stereocenters. The highest BCUT2D eigenvalue weighted by atomic mass is 16.5. The lowest BCUT2D eigenvalue weighted by atomic mass is 10.1. The monoisotopic (exact) mass is 873 g/mol. The minimum Gasteiger partial charge on any atom is -0.463 e. The Balaban J connectivity index is 2.49. The number of esters is 2. The van der Waals surface area contributed by atoms with E-state index in [1.807, 2.05) is 0 Å². The quantitative estimate of drug-likeness (QED) is 0.0353. The van der Waals surface area contributed by atoms with Crippen molar-refractivity contribution in [2.75, 3.05) is 52.5 Å². The van der Waals surface area contributed by atoms with Crippen molar-refractivity contribution in [3.8, 4) is 0 Å². The van der Waals surface area contributed by atoms with Gasteiger partial charge in [0.2, 0.25) is 11.8 Å². The van der Waals surface area contributed by atoms with Gasteiger partial charge in [-0.1, -0.05) is 168 Å². The summed E-state index contributed by atoms with van der Waals surface area (Å²) in [4.78, 5) is 56.2. The van der Waals surface area contributed by atoms with Gasteiger partial charge in [-0.15, -0.1) is 0 Å². The topological polar surface area (TPSA) is 117 Å². The first-order valence-corrected chi connectivity index (χ1v) is 26.0. The van der Waals surface area contributed by atoms with Gasteiger partial charge >= 0.3 is 11.9 Å². The Morgan fingerprint density at radius 2 is 0.710 bits per heavy atom. The summed E-state index contributed by atoms with van der Waals surface area (Å²) in [6.07, 6.45) is 43.9. The Labute approximate surface area is 380 Å². The van der Waals surface area contributed by atoms with E-state index in [1.165, 1.54) is 128 Å². The summed E-state index contributed by atoms with van der Waals surface area (Å²) in [6, 6.07) is -1.96. The van der Waals surface area contributed by atoms with Crippen LogP contribution in [0.4, 0.5) is 0 Å². The molecule has 0 spiro atoms. The van der Waals surface area contributed by atoms with E-state index >= 15 is 0 Å². The van der Waals surface area contributed by atoms with Gasteiger partial charge in [-0.05, 0) is 90.4 Å². The first-order valence-electron chi connectivity index (χ1n) is 26.0. The molecule has 1 fully saturated rings. The summed E-state index contributed by atoms with van der Waals surface area (Å²) >= 11 is 0. The van der Waals surface area contributed by atoms with Crippen molar-refractivity contribution in [3.63, 3.8) is 0 Å². The zero-order valence-electron chi connectivity index (χ0n) is 40.7. The molecule has 0 aliphatic carbocycles. The second kappa shape index (κ2) is 42.2. The van der Waals surface area contributed by atoms with Gasteiger partial charge < -0.3 is 29.9 Å². The number of amides is 2. The molecule has 1 saturated heterocycles. The fraction of sp³-hybridized carbons (Fsp3) is 0.846. The SMILES string of the molecule is CCCCC/C=C\CCCN(CCCCCCCCCC)CCC(=O)OC[C@@H]1NC(=O)[C@H](COC(=O)CCN(CCC/C=C\CCCCC)CCCCCCCCCC)NC1=O. The van der Waals surface area contributed by atoms with Crippen molar-refractivity contribution in [3.05, 3.63) is 24.3 Å². The Hall–Kier alpha value is -2.72. The summed E-state index contributed by atoms with van der Waals surface area (Å²) in [5, 5.41) is 5.33. The van der Waals surface area contributed by atoms with E-state index in [0.717, 1.165) is 77.5 Å². The Bertz CT molecular complexity index is 1070. The highest BCUT2D eigenvalue weighted by Gasteiger charge is 2.35. The number of ether oxygens (including phenoxy) is 2. The third kappa shape index (κ3) is 33.8. The number of unbranched alkanes of at least 4 members (excludes halogenated alkanes) is 22. The number of nitrogens with zero attached hydrogens (tertiary/aromatic N) is 2. The molecule has 2 atom stereocenters. The maximum atomic E-state index is 12.9. The van der Waals surface area contributed by atoms with Crippen LogP contribution in [-0.2, 0) is 28.7 Å². The molecule has 2 amide bonds. The van der Waals surface area contributed by atoms with Gasteiger partial charge in [-0.25, -0.2) is 0 Å². The third-order valence-electron chi connectivity index (χ3n) is 12.0. The maximum Gasteiger partial charge on any atom is 0.307 e. The molecule has 360 valence electrons. The van der Waals surface area contributed by atoms with E-state index in [4.69, 9.17) is 9.47 Å². The predicted molar refractivity (Wildman–Crippen MR) is 258 cm³/mol. The number of rotatable bonds is 44. The first kappa shape index (κ1) is 57.3. The first-order chi connectivity index (χ1) is 30.3. The minimum atomic E-state index is -0.980. The van der Waals surface area contributed by atoms with Gasteiger partial charge in [0.05, 0.1) is 12.8 Å². The molecule has 0 aromatic rings. The van der Waals surface area contributed by atoms with Crippen LogP contribution in [0.15, 0.2) is 24.3 Å². The standard InChI is InChI=1S/C52H96N4O6/c1-5-9-13-17-21-25-29-33-39-55(40-34-30-26-22-18-14-10-6-2)43-37-49(57)61-45-47-51(59)54-48(52(60)53-47)46-62-50(58)38-44-56(41-35-31-27-23-19-15-11-7-3)42-36-32-28-24-20-16-12-8-4/h21,23,25,27,47-48H,5-20,22,24,26,28-46H2,1-4H3,(H,53,60)(H,54,59)/b25-21-,27-23-/t47-,48-/m0/s1. The minimum absolute atomic E-state index is 0.229. The van der Waals surface area contributed by atoms with Crippen molar-refractivity contribution in [1.82, 2.24) is 20.4 Å².